The number of guanidine groups is 1. The van der Waals surface area contributed by atoms with Gasteiger partial charge >= 0.3 is 6.36 Å². The summed E-state index contributed by atoms with van der Waals surface area (Å²) in [6, 6.07) is 14.0. The molecule has 0 unspecified atom stereocenters. The van der Waals surface area contributed by atoms with Crippen molar-refractivity contribution in [1.82, 2.24) is 4.98 Å². The highest BCUT2D eigenvalue weighted by molar-refractivity contribution is 5.92. The minimum Gasteiger partial charge on any atom is -0.439 e. The zero-order valence-corrected chi connectivity index (χ0v) is 15.4. The lowest BCUT2D eigenvalue weighted by atomic mass is 10.3. The summed E-state index contributed by atoms with van der Waals surface area (Å²) in [5.74, 6) is 0.167. The van der Waals surface area contributed by atoms with E-state index < -0.39 is 6.36 Å². The molecule has 1 heterocycles. The normalized spacial score (nSPS) is 11.8. The fourth-order valence-corrected chi connectivity index (χ4v) is 2.29. The van der Waals surface area contributed by atoms with E-state index in [1.165, 1.54) is 36.4 Å². The van der Waals surface area contributed by atoms with Gasteiger partial charge in [0.2, 0.25) is 5.88 Å². The van der Waals surface area contributed by atoms with Gasteiger partial charge in [-0.3, -0.25) is 0 Å². The number of hydrogen-bond acceptors (Lipinski definition) is 4. The van der Waals surface area contributed by atoms with Gasteiger partial charge in [0.05, 0.1) is 6.54 Å². The zero-order chi connectivity index (χ0) is 21.6. The van der Waals surface area contributed by atoms with Gasteiger partial charge in [-0.1, -0.05) is 6.07 Å². The van der Waals surface area contributed by atoms with Crippen LogP contribution in [0.4, 0.5) is 23.2 Å². The first-order valence-electron chi connectivity index (χ1n) is 8.58. The number of nitrogens with two attached hydrogens (primary N) is 1. The molecule has 0 radical (unpaired) electrons. The molecule has 30 heavy (non-hydrogen) atoms. The van der Waals surface area contributed by atoms with E-state index in [0.29, 0.717) is 17.3 Å². The summed E-state index contributed by atoms with van der Waals surface area (Å²) in [7, 11) is 0. The molecule has 0 bridgehead atoms. The quantitative estimate of drug-likeness (QED) is 0.339. The predicted octanol–water partition coefficient (Wildman–Crippen LogP) is 4.84. The third kappa shape index (κ3) is 6.66. The summed E-state index contributed by atoms with van der Waals surface area (Å²) in [4.78, 5) is 8.29. The zero-order valence-electron chi connectivity index (χ0n) is 15.4. The Labute approximate surface area is 169 Å². The highest BCUT2D eigenvalue weighted by Crippen LogP contribution is 2.24. The molecule has 6 nitrogen and oxygen atoms in total. The second-order valence-corrected chi connectivity index (χ2v) is 5.96. The molecule has 0 spiro atoms. The van der Waals surface area contributed by atoms with Crippen molar-refractivity contribution in [2.24, 2.45) is 10.7 Å². The van der Waals surface area contributed by atoms with E-state index in [1.54, 1.807) is 18.3 Å². The van der Waals surface area contributed by atoms with E-state index in [4.69, 9.17) is 10.5 Å². The Hall–Kier alpha value is -3.82. The number of nitrogens with zero attached hydrogens (tertiary/aromatic N) is 2. The fourth-order valence-electron chi connectivity index (χ4n) is 2.29. The number of benzene rings is 2. The van der Waals surface area contributed by atoms with Gasteiger partial charge in [-0.05, 0) is 54.1 Å². The van der Waals surface area contributed by atoms with E-state index in [0.717, 1.165) is 17.7 Å². The van der Waals surface area contributed by atoms with E-state index in [9.17, 15) is 17.6 Å². The first-order valence-corrected chi connectivity index (χ1v) is 8.58. The molecule has 0 aliphatic heterocycles. The van der Waals surface area contributed by atoms with Crippen LogP contribution in [-0.2, 0) is 6.54 Å². The van der Waals surface area contributed by atoms with Crippen LogP contribution in [0.15, 0.2) is 71.9 Å². The maximum Gasteiger partial charge on any atom is 0.573 e. The lowest BCUT2D eigenvalue weighted by Crippen LogP contribution is -2.22. The molecular weight excluding hydrogens is 404 g/mol. The second kappa shape index (κ2) is 9.12. The van der Waals surface area contributed by atoms with Crippen LogP contribution >= 0.6 is 0 Å². The first kappa shape index (κ1) is 20.9. The number of nitrogens with one attached hydrogen (secondary N) is 1. The van der Waals surface area contributed by atoms with Crippen LogP contribution in [0, 0.1) is 5.82 Å². The van der Waals surface area contributed by atoms with Gasteiger partial charge in [-0.25, -0.2) is 14.4 Å². The molecule has 0 fully saturated rings. The fraction of sp³-hybridized carbons (Fsp3) is 0.100. The Balaban J connectivity index is 1.53. The number of anilines is 1. The highest BCUT2D eigenvalue weighted by atomic mass is 19.4. The van der Waals surface area contributed by atoms with Crippen LogP contribution in [0.3, 0.4) is 0 Å². The third-order valence-corrected chi connectivity index (χ3v) is 3.63. The average molecular weight is 420 g/mol. The van der Waals surface area contributed by atoms with Crippen LogP contribution in [-0.4, -0.2) is 17.3 Å². The summed E-state index contributed by atoms with van der Waals surface area (Å²) in [5.41, 5.74) is 6.99. The third-order valence-electron chi connectivity index (χ3n) is 3.63. The Morgan fingerprint density at radius 3 is 2.23 bits per heavy atom. The maximum atomic E-state index is 12.9. The number of ether oxygens (including phenoxy) is 2. The predicted molar refractivity (Wildman–Crippen MR) is 103 cm³/mol. The lowest BCUT2D eigenvalue weighted by Gasteiger charge is -2.10. The van der Waals surface area contributed by atoms with Crippen LogP contribution in [0.25, 0.3) is 0 Å². The molecule has 3 aromatic rings. The topological polar surface area (TPSA) is 81.8 Å². The summed E-state index contributed by atoms with van der Waals surface area (Å²) in [6.07, 6.45) is -3.19. The number of pyridine rings is 1. The van der Waals surface area contributed by atoms with Crippen LogP contribution in [0.5, 0.6) is 17.4 Å². The Kier molecular flexibility index (Phi) is 6.35. The largest absolute Gasteiger partial charge is 0.573 e. The molecule has 0 amide bonds. The van der Waals surface area contributed by atoms with Crippen molar-refractivity contribution < 1.29 is 27.0 Å². The molecule has 2 aromatic carbocycles. The van der Waals surface area contributed by atoms with Gasteiger partial charge in [0.1, 0.15) is 17.3 Å². The van der Waals surface area contributed by atoms with E-state index in [1.807, 2.05) is 0 Å². The molecule has 0 aliphatic rings. The molecule has 0 aliphatic carbocycles. The lowest BCUT2D eigenvalue weighted by molar-refractivity contribution is -0.274. The van der Waals surface area contributed by atoms with Crippen molar-refractivity contribution in [1.29, 1.82) is 0 Å². The van der Waals surface area contributed by atoms with E-state index in [2.05, 4.69) is 20.0 Å². The number of halogens is 4. The van der Waals surface area contributed by atoms with Crippen molar-refractivity contribution in [2.75, 3.05) is 5.32 Å². The number of hydrogen-bond donors (Lipinski definition) is 2. The molecule has 0 saturated carbocycles. The smallest absolute Gasteiger partial charge is 0.439 e. The van der Waals surface area contributed by atoms with Gasteiger partial charge in [0.25, 0.3) is 0 Å². The minimum absolute atomic E-state index is 0.0751. The Morgan fingerprint density at radius 1 is 0.967 bits per heavy atom. The van der Waals surface area contributed by atoms with Gasteiger partial charge < -0.3 is 20.5 Å². The van der Waals surface area contributed by atoms with Crippen molar-refractivity contribution in [2.45, 2.75) is 12.9 Å². The van der Waals surface area contributed by atoms with Gasteiger partial charge in [0.15, 0.2) is 5.96 Å². The van der Waals surface area contributed by atoms with Gasteiger partial charge in [0, 0.05) is 18.0 Å². The van der Waals surface area contributed by atoms with Gasteiger partial charge in [-0.15, -0.1) is 13.2 Å². The second-order valence-electron chi connectivity index (χ2n) is 5.96. The van der Waals surface area contributed by atoms with Crippen molar-refractivity contribution in [3.05, 3.63) is 78.2 Å². The number of alkyl halides is 3. The van der Waals surface area contributed by atoms with E-state index >= 15 is 0 Å². The maximum absolute atomic E-state index is 12.9. The van der Waals surface area contributed by atoms with Crippen molar-refractivity contribution >= 4 is 11.6 Å². The Bertz CT molecular complexity index is 989. The molecule has 10 heteroatoms. The number of rotatable bonds is 6. The average Bonchev–Trinajstić information content (AvgIpc) is 2.70. The molecule has 0 atom stereocenters. The minimum atomic E-state index is -4.75. The van der Waals surface area contributed by atoms with Crippen molar-refractivity contribution in [3.8, 4) is 17.4 Å². The summed E-state index contributed by atoms with van der Waals surface area (Å²) in [6.45, 7) is 0.220. The van der Waals surface area contributed by atoms with E-state index in [-0.39, 0.29) is 24.1 Å². The van der Waals surface area contributed by atoms with Crippen LogP contribution in [0.2, 0.25) is 0 Å². The first-order chi connectivity index (χ1) is 14.3. The summed E-state index contributed by atoms with van der Waals surface area (Å²) >= 11 is 0. The summed E-state index contributed by atoms with van der Waals surface area (Å²) < 4.78 is 58.7. The van der Waals surface area contributed by atoms with Crippen molar-refractivity contribution in [3.63, 3.8) is 0 Å². The molecule has 1 aromatic heterocycles. The van der Waals surface area contributed by atoms with Gasteiger partial charge in [-0.2, -0.15) is 0 Å². The monoisotopic (exact) mass is 420 g/mol. The molecule has 3 N–H and O–H groups in total. The standard InChI is InChI=1S/C20H16F4N4O2/c21-14-2-6-16(7-3-14)29-18-10-1-13(11-26-18)12-27-19(25)28-15-4-8-17(9-5-15)30-20(22,23)24/h1-11H,12H2,(H3,25,27,28). The number of aliphatic imine (C=N–C) groups is 1. The molecular formula is C20H16F4N4O2. The number of aromatic nitrogens is 1. The Morgan fingerprint density at radius 2 is 1.63 bits per heavy atom. The van der Waals surface area contributed by atoms with Crippen LogP contribution in [0.1, 0.15) is 5.56 Å². The highest BCUT2D eigenvalue weighted by Gasteiger charge is 2.30. The van der Waals surface area contributed by atoms with Crippen LogP contribution < -0.4 is 20.5 Å². The molecule has 3 rings (SSSR count). The molecule has 156 valence electrons. The SMILES string of the molecule is NC(=NCc1ccc(Oc2ccc(F)cc2)nc1)Nc1ccc(OC(F)(F)F)cc1. The summed E-state index contributed by atoms with van der Waals surface area (Å²) in [5, 5.41) is 2.77. The molecule has 0 saturated heterocycles.